The largest absolute Gasteiger partial charge is 0.320 e. The number of nitrogens with one attached hydrogen (secondary N) is 2. The van der Waals surface area contributed by atoms with Gasteiger partial charge in [0.1, 0.15) is 0 Å². The number of carbonyl (C=O) groups excluding carboxylic acids is 1. The topological polar surface area (TPSA) is 41.1 Å². The molecule has 1 aromatic rings. The Morgan fingerprint density at radius 3 is 3.08 bits per heavy atom. The third-order valence-electron chi connectivity index (χ3n) is 1.75. The van der Waals surface area contributed by atoms with E-state index in [1.807, 2.05) is 0 Å². The third-order valence-corrected chi connectivity index (χ3v) is 1.99. The second-order valence-corrected chi connectivity index (χ2v) is 3.03. The van der Waals surface area contributed by atoms with Crippen molar-refractivity contribution in [2.75, 3.05) is 12.0 Å². The van der Waals surface area contributed by atoms with Crippen molar-refractivity contribution in [2.45, 2.75) is 0 Å². The number of halogens is 1. The highest BCUT2D eigenvalue weighted by atomic mass is 35.5. The van der Waals surface area contributed by atoms with Crippen LogP contribution in [0.2, 0.25) is 5.02 Å². The van der Waals surface area contributed by atoms with E-state index in [0.717, 1.165) is 5.69 Å². The van der Waals surface area contributed by atoms with E-state index < -0.39 is 0 Å². The first-order valence-electron chi connectivity index (χ1n) is 3.59. The normalized spacial score (nSPS) is 15.2. The number of benzene rings is 1. The van der Waals surface area contributed by atoms with Crippen LogP contribution in [0.3, 0.4) is 0 Å². The zero-order chi connectivity index (χ0) is 8.55. The van der Waals surface area contributed by atoms with Gasteiger partial charge in [-0.15, -0.1) is 0 Å². The fourth-order valence-electron chi connectivity index (χ4n) is 1.18. The minimum atomic E-state index is 0.0837. The zero-order valence-electron chi connectivity index (χ0n) is 6.23. The molecule has 0 aromatic heterocycles. The second kappa shape index (κ2) is 2.77. The predicted octanol–water partition coefficient (Wildman–Crippen LogP) is 1.45. The summed E-state index contributed by atoms with van der Waals surface area (Å²) in [6, 6.07) is 5.17. The van der Waals surface area contributed by atoms with Crippen molar-refractivity contribution >= 4 is 23.1 Å². The molecule has 12 heavy (non-hydrogen) atoms. The van der Waals surface area contributed by atoms with Gasteiger partial charge in [0.2, 0.25) is 0 Å². The molecule has 0 saturated heterocycles. The van der Waals surface area contributed by atoms with Gasteiger partial charge in [0.05, 0.1) is 12.2 Å². The average Bonchev–Trinajstić information content (AvgIpc) is 2.04. The molecule has 0 unspecified atom stereocenters. The van der Waals surface area contributed by atoms with E-state index >= 15 is 0 Å². The Hall–Kier alpha value is -1.06. The lowest BCUT2D eigenvalue weighted by Crippen LogP contribution is -2.34. The Morgan fingerprint density at radius 1 is 1.42 bits per heavy atom. The number of hydrogen-bond acceptors (Lipinski definition) is 3. The highest BCUT2D eigenvalue weighted by Crippen LogP contribution is 2.22. The first kappa shape index (κ1) is 7.58. The van der Waals surface area contributed by atoms with Crippen LogP contribution in [0.4, 0.5) is 5.69 Å². The molecule has 2 rings (SSSR count). The summed E-state index contributed by atoms with van der Waals surface area (Å²) in [5.74, 6) is 0.0837. The summed E-state index contributed by atoms with van der Waals surface area (Å²) in [4.78, 5) is 11.3. The Bertz CT molecular complexity index is 338. The highest BCUT2D eigenvalue weighted by Gasteiger charge is 2.15. The Kier molecular flexibility index (Phi) is 1.75. The molecule has 3 nitrogen and oxygen atoms in total. The lowest BCUT2D eigenvalue weighted by Gasteiger charge is -2.17. The van der Waals surface area contributed by atoms with E-state index in [4.69, 9.17) is 11.6 Å². The van der Waals surface area contributed by atoms with Crippen LogP contribution in [0.25, 0.3) is 0 Å². The fourth-order valence-corrected chi connectivity index (χ4v) is 1.35. The number of anilines is 1. The number of rotatable bonds is 0. The van der Waals surface area contributed by atoms with Crippen LogP contribution in [-0.2, 0) is 0 Å². The Morgan fingerprint density at radius 2 is 2.25 bits per heavy atom. The van der Waals surface area contributed by atoms with Crippen molar-refractivity contribution in [3.05, 3.63) is 28.8 Å². The van der Waals surface area contributed by atoms with Gasteiger partial charge in [-0.3, -0.25) is 4.79 Å². The van der Waals surface area contributed by atoms with Gasteiger partial charge < -0.3 is 5.43 Å². The fraction of sp³-hybridized carbons (Fsp3) is 0.125. The van der Waals surface area contributed by atoms with E-state index in [9.17, 15) is 4.79 Å². The molecule has 1 heterocycles. The maximum Gasteiger partial charge on any atom is 0.180 e. The van der Waals surface area contributed by atoms with E-state index in [-0.39, 0.29) is 5.78 Å². The maximum absolute atomic E-state index is 11.3. The van der Waals surface area contributed by atoms with Gasteiger partial charge in [-0.05, 0) is 18.2 Å². The summed E-state index contributed by atoms with van der Waals surface area (Å²) in [5, 5.41) is 0.623. The summed E-state index contributed by atoms with van der Waals surface area (Å²) in [6.07, 6.45) is 0. The summed E-state index contributed by atoms with van der Waals surface area (Å²) < 4.78 is 0. The van der Waals surface area contributed by atoms with Gasteiger partial charge in [0.15, 0.2) is 5.78 Å². The average molecular weight is 183 g/mol. The number of hydrazine groups is 1. The Labute approximate surface area is 74.7 Å². The maximum atomic E-state index is 11.3. The van der Waals surface area contributed by atoms with Gasteiger partial charge in [0, 0.05) is 10.6 Å². The molecule has 0 fully saturated rings. The molecular formula is C8H7ClN2O. The number of hydrogen-bond donors (Lipinski definition) is 2. The summed E-state index contributed by atoms with van der Waals surface area (Å²) in [7, 11) is 0. The van der Waals surface area contributed by atoms with Crippen molar-refractivity contribution in [3.63, 3.8) is 0 Å². The third kappa shape index (κ3) is 1.17. The minimum Gasteiger partial charge on any atom is -0.320 e. The van der Waals surface area contributed by atoms with Crippen molar-refractivity contribution in [1.82, 2.24) is 5.43 Å². The lowest BCUT2D eigenvalue weighted by atomic mass is 10.1. The number of carbonyl (C=O) groups is 1. The molecular weight excluding hydrogens is 176 g/mol. The summed E-state index contributed by atoms with van der Waals surface area (Å²) in [5.41, 5.74) is 7.08. The first-order valence-corrected chi connectivity index (χ1v) is 3.97. The standard InChI is InChI=1S/C8H7ClN2O/c9-5-1-2-6-7(3-5)11-10-4-8(6)12/h1-3,10-11H,4H2. The van der Waals surface area contributed by atoms with E-state index in [1.165, 1.54) is 0 Å². The molecule has 0 radical (unpaired) electrons. The van der Waals surface area contributed by atoms with Gasteiger partial charge in [-0.25, -0.2) is 5.43 Å². The Balaban J connectivity index is 2.53. The molecule has 4 heteroatoms. The number of Topliss-reactive ketones (excluding diaryl/α,β-unsaturated/α-hetero) is 1. The van der Waals surface area contributed by atoms with Crippen molar-refractivity contribution in [1.29, 1.82) is 0 Å². The van der Waals surface area contributed by atoms with Gasteiger partial charge >= 0.3 is 0 Å². The van der Waals surface area contributed by atoms with Gasteiger partial charge in [-0.2, -0.15) is 0 Å². The molecule has 0 aliphatic carbocycles. The summed E-state index contributed by atoms with van der Waals surface area (Å²) >= 11 is 5.75. The van der Waals surface area contributed by atoms with Crippen molar-refractivity contribution < 1.29 is 4.79 Å². The molecule has 0 spiro atoms. The van der Waals surface area contributed by atoms with Crippen LogP contribution in [0.5, 0.6) is 0 Å². The quantitative estimate of drug-likeness (QED) is 0.638. The highest BCUT2D eigenvalue weighted by molar-refractivity contribution is 6.31. The van der Waals surface area contributed by atoms with E-state index in [0.29, 0.717) is 17.1 Å². The minimum absolute atomic E-state index is 0.0837. The predicted molar refractivity (Wildman–Crippen MR) is 47.4 cm³/mol. The molecule has 0 atom stereocenters. The van der Waals surface area contributed by atoms with Crippen LogP contribution >= 0.6 is 11.6 Å². The monoisotopic (exact) mass is 182 g/mol. The first-order chi connectivity index (χ1) is 5.77. The SMILES string of the molecule is O=C1CNNc2cc(Cl)ccc21. The lowest BCUT2D eigenvalue weighted by molar-refractivity contribution is 0.0989. The molecule has 0 saturated carbocycles. The summed E-state index contributed by atoms with van der Waals surface area (Å²) in [6.45, 7) is 0.328. The smallest absolute Gasteiger partial charge is 0.180 e. The number of fused-ring (bicyclic) bond motifs is 1. The van der Waals surface area contributed by atoms with Crippen LogP contribution < -0.4 is 10.9 Å². The van der Waals surface area contributed by atoms with Crippen LogP contribution in [0.1, 0.15) is 10.4 Å². The molecule has 2 N–H and O–H groups in total. The molecule has 1 aliphatic heterocycles. The second-order valence-electron chi connectivity index (χ2n) is 2.59. The van der Waals surface area contributed by atoms with E-state index in [1.54, 1.807) is 18.2 Å². The van der Waals surface area contributed by atoms with Crippen molar-refractivity contribution in [3.8, 4) is 0 Å². The van der Waals surface area contributed by atoms with E-state index in [2.05, 4.69) is 10.9 Å². The molecule has 62 valence electrons. The van der Waals surface area contributed by atoms with Gasteiger partial charge in [-0.1, -0.05) is 11.6 Å². The van der Waals surface area contributed by atoms with Crippen LogP contribution in [0, 0.1) is 0 Å². The van der Waals surface area contributed by atoms with Gasteiger partial charge in [0.25, 0.3) is 0 Å². The molecule has 0 amide bonds. The van der Waals surface area contributed by atoms with Crippen LogP contribution in [-0.4, -0.2) is 12.3 Å². The molecule has 0 bridgehead atoms. The number of ketones is 1. The van der Waals surface area contributed by atoms with Crippen molar-refractivity contribution in [2.24, 2.45) is 0 Å². The molecule has 1 aliphatic rings. The molecule has 1 aromatic carbocycles. The zero-order valence-corrected chi connectivity index (χ0v) is 6.98. The van der Waals surface area contributed by atoms with Crippen LogP contribution in [0.15, 0.2) is 18.2 Å².